The smallest absolute Gasteiger partial charge is 0.180 e. The minimum Gasteiger partial charge on any atom is -0.383 e. The van der Waals surface area contributed by atoms with Gasteiger partial charge in [-0.2, -0.15) is 0 Å². The van der Waals surface area contributed by atoms with Crippen molar-refractivity contribution in [3.8, 4) is 0 Å². The fraction of sp³-hybridized carbons (Fsp3) is 0.200. The Labute approximate surface area is 156 Å². The Kier molecular flexibility index (Phi) is 4.50. The highest BCUT2D eigenvalue weighted by Gasteiger charge is 2.27. The first kappa shape index (κ1) is 17.1. The first-order valence-corrected chi connectivity index (χ1v) is 8.77. The molecule has 1 fully saturated rings. The number of hydrogen-bond acceptors (Lipinski definition) is 6. The highest BCUT2D eigenvalue weighted by Crippen LogP contribution is 2.41. The van der Waals surface area contributed by atoms with E-state index in [1.807, 2.05) is 0 Å². The lowest BCUT2D eigenvalue weighted by Gasteiger charge is -2.12. The number of aromatic nitrogens is 3. The molecule has 2 heterocycles. The number of benzene rings is 1. The summed E-state index contributed by atoms with van der Waals surface area (Å²) in [5, 5.41) is 11.6. The predicted octanol–water partition coefficient (Wildman–Crippen LogP) is 3.50. The van der Waals surface area contributed by atoms with Crippen molar-refractivity contribution in [1.29, 1.82) is 5.41 Å². The minimum absolute atomic E-state index is 0.119. The fourth-order valence-electron chi connectivity index (χ4n) is 2.92. The molecule has 0 aliphatic heterocycles. The molecule has 136 valence electrons. The van der Waals surface area contributed by atoms with Gasteiger partial charge in [-0.05, 0) is 37.0 Å². The normalized spacial score (nSPS) is 13.4. The van der Waals surface area contributed by atoms with Crippen molar-refractivity contribution in [3.05, 3.63) is 77.1 Å². The molecule has 1 aliphatic rings. The summed E-state index contributed by atoms with van der Waals surface area (Å²) in [4.78, 5) is 12.9. The van der Waals surface area contributed by atoms with Crippen LogP contribution in [0.1, 0.15) is 41.3 Å². The van der Waals surface area contributed by atoms with E-state index < -0.39 is 0 Å². The van der Waals surface area contributed by atoms with Gasteiger partial charge in [0.25, 0.3) is 0 Å². The van der Waals surface area contributed by atoms with Crippen LogP contribution >= 0.6 is 0 Å². The van der Waals surface area contributed by atoms with Gasteiger partial charge in [-0.3, -0.25) is 5.41 Å². The van der Waals surface area contributed by atoms with Crippen LogP contribution in [0, 0.1) is 11.2 Å². The zero-order valence-electron chi connectivity index (χ0n) is 14.6. The average Bonchev–Trinajstić information content (AvgIpc) is 3.52. The molecule has 4 rings (SSSR count). The molecule has 6 nitrogen and oxygen atoms in total. The molecule has 0 atom stereocenters. The van der Waals surface area contributed by atoms with E-state index in [9.17, 15) is 4.39 Å². The SMILES string of the molecule is N=C(c1ncc(C2CC2)c(N)n1)c1cccnc1NCc1ccccc1F. The van der Waals surface area contributed by atoms with E-state index in [0.717, 1.165) is 18.4 Å². The molecule has 1 saturated carbocycles. The first-order valence-electron chi connectivity index (χ1n) is 8.77. The van der Waals surface area contributed by atoms with E-state index in [1.54, 1.807) is 42.7 Å². The van der Waals surface area contributed by atoms with Gasteiger partial charge in [0.1, 0.15) is 23.2 Å². The van der Waals surface area contributed by atoms with Gasteiger partial charge >= 0.3 is 0 Å². The van der Waals surface area contributed by atoms with Crippen LogP contribution in [0.5, 0.6) is 0 Å². The third-order valence-corrected chi connectivity index (χ3v) is 4.57. The highest BCUT2D eigenvalue weighted by molar-refractivity contribution is 6.11. The summed E-state index contributed by atoms with van der Waals surface area (Å²) in [6.07, 6.45) is 5.55. The summed E-state index contributed by atoms with van der Waals surface area (Å²) in [6.45, 7) is 0.258. The molecule has 0 spiro atoms. The lowest BCUT2D eigenvalue weighted by molar-refractivity contribution is 0.613. The van der Waals surface area contributed by atoms with Gasteiger partial charge < -0.3 is 11.1 Å². The Balaban J connectivity index is 1.57. The predicted molar refractivity (Wildman–Crippen MR) is 102 cm³/mol. The van der Waals surface area contributed by atoms with Gasteiger partial charge in [-0.1, -0.05) is 18.2 Å². The average molecular weight is 362 g/mol. The number of nitrogens with two attached hydrogens (primary N) is 1. The number of anilines is 2. The summed E-state index contributed by atoms with van der Waals surface area (Å²) in [7, 11) is 0. The topological polar surface area (TPSA) is 101 Å². The molecule has 0 amide bonds. The molecular formula is C20H19FN6. The molecule has 7 heteroatoms. The number of nitrogens with zero attached hydrogens (tertiary/aromatic N) is 3. The van der Waals surface area contributed by atoms with Crippen LogP contribution in [0.2, 0.25) is 0 Å². The quantitative estimate of drug-likeness (QED) is 0.583. The lowest BCUT2D eigenvalue weighted by atomic mass is 10.1. The monoisotopic (exact) mass is 362 g/mol. The van der Waals surface area contributed by atoms with Gasteiger partial charge in [-0.15, -0.1) is 0 Å². The Bertz CT molecular complexity index is 999. The highest BCUT2D eigenvalue weighted by atomic mass is 19.1. The maximum Gasteiger partial charge on any atom is 0.180 e. The molecule has 3 aromatic rings. The molecule has 27 heavy (non-hydrogen) atoms. The van der Waals surface area contributed by atoms with Crippen molar-refractivity contribution in [2.75, 3.05) is 11.1 Å². The Morgan fingerprint density at radius 1 is 1.19 bits per heavy atom. The standard InChI is InChI=1S/C20H19FN6/c21-16-6-2-1-4-13(16)10-25-19-14(5-3-9-24-19)17(22)20-26-11-15(12-7-8-12)18(23)27-20/h1-6,9,11-12,22H,7-8,10H2,(H,24,25)(H2,23,26,27). The van der Waals surface area contributed by atoms with Crippen LogP contribution in [-0.4, -0.2) is 20.7 Å². The number of pyridine rings is 1. The van der Waals surface area contributed by atoms with E-state index in [-0.39, 0.29) is 23.9 Å². The molecule has 0 radical (unpaired) electrons. The van der Waals surface area contributed by atoms with E-state index in [2.05, 4.69) is 20.3 Å². The molecule has 2 aromatic heterocycles. The number of hydrogen-bond donors (Lipinski definition) is 3. The molecular weight excluding hydrogens is 343 g/mol. The molecule has 0 bridgehead atoms. The van der Waals surface area contributed by atoms with Gasteiger partial charge in [-0.25, -0.2) is 19.3 Å². The zero-order valence-corrected chi connectivity index (χ0v) is 14.6. The van der Waals surface area contributed by atoms with Crippen molar-refractivity contribution in [3.63, 3.8) is 0 Å². The zero-order chi connectivity index (χ0) is 18.8. The maximum absolute atomic E-state index is 13.8. The fourth-order valence-corrected chi connectivity index (χ4v) is 2.92. The third-order valence-electron chi connectivity index (χ3n) is 4.57. The Hall–Kier alpha value is -3.35. The van der Waals surface area contributed by atoms with E-state index >= 15 is 0 Å². The molecule has 0 unspecified atom stereocenters. The number of rotatable bonds is 6. The Morgan fingerprint density at radius 3 is 2.74 bits per heavy atom. The largest absolute Gasteiger partial charge is 0.383 e. The summed E-state index contributed by atoms with van der Waals surface area (Å²) >= 11 is 0. The van der Waals surface area contributed by atoms with E-state index in [0.29, 0.717) is 28.7 Å². The summed E-state index contributed by atoms with van der Waals surface area (Å²) < 4.78 is 13.8. The van der Waals surface area contributed by atoms with Gasteiger partial charge in [0.05, 0.1) is 0 Å². The number of nitrogens with one attached hydrogen (secondary N) is 2. The van der Waals surface area contributed by atoms with Crippen molar-refractivity contribution in [1.82, 2.24) is 15.0 Å². The van der Waals surface area contributed by atoms with Crippen molar-refractivity contribution >= 4 is 17.3 Å². The summed E-state index contributed by atoms with van der Waals surface area (Å²) in [5.74, 6) is 1.31. The van der Waals surface area contributed by atoms with Crippen LogP contribution < -0.4 is 11.1 Å². The van der Waals surface area contributed by atoms with Crippen molar-refractivity contribution in [2.24, 2.45) is 0 Å². The number of nitrogen functional groups attached to an aromatic ring is 1. The molecule has 0 saturated heterocycles. The second-order valence-corrected chi connectivity index (χ2v) is 6.53. The second-order valence-electron chi connectivity index (χ2n) is 6.53. The van der Waals surface area contributed by atoms with Gasteiger partial charge in [0.15, 0.2) is 5.82 Å². The van der Waals surface area contributed by atoms with Crippen LogP contribution in [0.4, 0.5) is 16.0 Å². The first-order chi connectivity index (χ1) is 13.1. The lowest BCUT2D eigenvalue weighted by Crippen LogP contribution is -2.14. The minimum atomic E-state index is -0.288. The number of halogens is 1. The van der Waals surface area contributed by atoms with Crippen molar-refractivity contribution in [2.45, 2.75) is 25.3 Å². The molecule has 4 N–H and O–H groups in total. The molecule has 1 aromatic carbocycles. The van der Waals surface area contributed by atoms with Crippen LogP contribution in [0.3, 0.4) is 0 Å². The van der Waals surface area contributed by atoms with Gasteiger partial charge in [0, 0.05) is 35.6 Å². The second kappa shape index (κ2) is 7.11. The maximum atomic E-state index is 13.8. The van der Waals surface area contributed by atoms with E-state index in [1.165, 1.54) is 6.07 Å². The van der Waals surface area contributed by atoms with Crippen LogP contribution in [-0.2, 0) is 6.54 Å². The summed E-state index contributed by atoms with van der Waals surface area (Å²) in [6, 6.07) is 10.0. The Morgan fingerprint density at radius 2 is 2.00 bits per heavy atom. The molecule has 1 aliphatic carbocycles. The van der Waals surface area contributed by atoms with Crippen LogP contribution in [0.15, 0.2) is 48.8 Å². The van der Waals surface area contributed by atoms with Crippen LogP contribution in [0.25, 0.3) is 0 Å². The van der Waals surface area contributed by atoms with Crippen molar-refractivity contribution < 1.29 is 4.39 Å². The summed E-state index contributed by atoms with van der Waals surface area (Å²) in [5.41, 5.74) is 8.18. The van der Waals surface area contributed by atoms with E-state index in [4.69, 9.17) is 11.1 Å². The third kappa shape index (κ3) is 3.62. The van der Waals surface area contributed by atoms with Gasteiger partial charge in [0.2, 0.25) is 0 Å².